The van der Waals surface area contributed by atoms with Gasteiger partial charge in [-0.05, 0) is 73.5 Å². The summed E-state index contributed by atoms with van der Waals surface area (Å²) < 4.78 is 0. The molecule has 1 aromatic carbocycles. The lowest BCUT2D eigenvalue weighted by Gasteiger charge is -2.26. The second-order valence-corrected chi connectivity index (χ2v) is 8.05. The number of carbonyl (C=O) groups excluding carboxylic acids is 1. The number of benzene rings is 1. The molecule has 0 aliphatic heterocycles. The molecular weight excluding hydrogens is 310 g/mol. The third-order valence-corrected chi connectivity index (χ3v) is 6.10. The summed E-state index contributed by atoms with van der Waals surface area (Å²) in [4.78, 5) is 12.1. The van der Waals surface area contributed by atoms with E-state index in [0.29, 0.717) is 30.9 Å². The standard InChI is InChI=1S/C22H33NO2/c1-2-3-4-5-22(25)23-21-11-10-19-13-18(8-9-20(19)14-21)17-7-6-16(12-17)15-24/h8-9,13,16-17,21,24H,2-7,10-12,14-15H2,1H3,(H,23,25). The maximum Gasteiger partial charge on any atom is 0.220 e. The van der Waals surface area contributed by atoms with Gasteiger partial charge in [0.05, 0.1) is 0 Å². The van der Waals surface area contributed by atoms with Crippen molar-refractivity contribution in [3.8, 4) is 0 Å². The first kappa shape index (κ1) is 18.4. The average molecular weight is 344 g/mol. The Hall–Kier alpha value is -1.35. The normalized spacial score (nSPS) is 25.6. The number of amides is 1. The van der Waals surface area contributed by atoms with Crippen LogP contribution in [-0.2, 0) is 17.6 Å². The first-order valence-electron chi connectivity index (χ1n) is 10.2. The molecule has 3 atom stereocenters. The van der Waals surface area contributed by atoms with Crippen molar-refractivity contribution >= 4 is 5.91 Å². The van der Waals surface area contributed by atoms with Crippen molar-refractivity contribution in [2.24, 2.45) is 5.92 Å². The van der Waals surface area contributed by atoms with Crippen molar-refractivity contribution in [1.82, 2.24) is 5.32 Å². The van der Waals surface area contributed by atoms with Gasteiger partial charge in [0.15, 0.2) is 0 Å². The van der Waals surface area contributed by atoms with Crippen LogP contribution < -0.4 is 5.32 Å². The Morgan fingerprint density at radius 3 is 2.84 bits per heavy atom. The Morgan fingerprint density at radius 2 is 2.08 bits per heavy atom. The summed E-state index contributed by atoms with van der Waals surface area (Å²) in [5.74, 6) is 1.34. The molecule has 0 saturated heterocycles. The molecule has 2 N–H and O–H groups in total. The van der Waals surface area contributed by atoms with Crippen LogP contribution in [0.3, 0.4) is 0 Å². The van der Waals surface area contributed by atoms with Crippen molar-refractivity contribution in [2.75, 3.05) is 6.61 Å². The predicted molar refractivity (Wildman–Crippen MR) is 102 cm³/mol. The average Bonchev–Trinajstić information content (AvgIpc) is 3.11. The predicted octanol–water partition coefficient (Wildman–Crippen LogP) is 4.12. The zero-order valence-corrected chi connectivity index (χ0v) is 15.6. The number of carbonyl (C=O) groups is 1. The molecule has 3 nitrogen and oxygen atoms in total. The number of aryl methyl sites for hydroxylation is 1. The van der Waals surface area contributed by atoms with Gasteiger partial charge < -0.3 is 10.4 Å². The minimum atomic E-state index is 0.222. The molecule has 0 radical (unpaired) electrons. The minimum absolute atomic E-state index is 0.222. The van der Waals surface area contributed by atoms with Crippen molar-refractivity contribution in [2.45, 2.75) is 83.1 Å². The summed E-state index contributed by atoms with van der Waals surface area (Å²) in [7, 11) is 0. The Labute approximate surface area is 152 Å². The fourth-order valence-corrected chi connectivity index (χ4v) is 4.53. The number of rotatable bonds is 7. The van der Waals surface area contributed by atoms with Gasteiger partial charge in [-0.15, -0.1) is 0 Å². The first-order chi connectivity index (χ1) is 12.2. The highest BCUT2D eigenvalue weighted by Crippen LogP contribution is 2.39. The smallest absolute Gasteiger partial charge is 0.220 e. The highest BCUT2D eigenvalue weighted by atomic mass is 16.3. The van der Waals surface area contributed by atoms with Gasteiger partial charge in [0.1, 0.15) is 0 Å². The quantitative estimate of drug-likeness (QED) is 0.732. The molecule has 3 unspecified atom stereocenters. The molecule has 0 bridgehead atoms. The summed E-state index contributed by atoms with van der Waals surface area (Å²) >= 11 is 0. The Balaban J connectivity index is 1.55. The lowest BCUT2D eigenvalue weighted by Crippen LogP contribution is -2.38. The number of nitrogens with one attached hydrogen (secondary N) is 1. The molecule has 2 aliphatic carbocycles. The van der Waals surface area contributed by atoms with Gasteiger partial charge in [0.2, 0.25) is 5.91 Å². The molecule has 3 heteroatoms. The number of aliphatic hydroxyl groups is 1. The Bertz CT molecular complexity index is 583. The molecule has 1 fully saturated rings. The van der Waals surface area contributed by atoms with Crippen LogP contribution in [0.15, 0.2) is 18.2 Å². The van der Waals surface area contributed by atoms with Gasteiger partial charge in [-0.1, -0.05) is 38.0 Å². The second-order valence-electron chi connectivity index (χ2n) is 8.05. The number of aliphatic hydroxyl groups excluding tert-OH is 1. The van der Waals surface area contributed by atoms with E-state index >= 15 is 0 Å². The molecular formula is C22H33NO2. The van der Waals surface area contributed by atoms with Crippen molar-refractivity contribution in [1.29, 1.82) is 0 Å². The maximum absolute atomic E-state index is 12.1. The second kappa shape index (κ2) is 8.84. The van der Waals surface area contributed by atoms with E-state index in [2.05, 4.69) is 30.4 Å². The van der Waals surface area contributed by atoms with Crippen molar-refractivity contribution in [3.63, 3.8) is 0 Å². The molecule has 1 saturated carbocycles. The third kappa shape index (κ3) is 4.84. The minimum Gasteiger partial charge on any atom is -0.396 e. The Kier molecular flexibility index (Phi) is 6.52. The van der Waals surface area contributed by atoms with Crippen LogP contribution in [0.1, 0.15) is 80.9 Å². The molecule has 138 valence electrons. The van der Waals surface area contributed by atoms with E-state index in [9.17, 15) is 9.90 Å². The van der Waals surface area contributed by atoms with Crippen LogP contribution in [0.4, 0.5) is 0 Å². The SMILES string of the molecule is CCCCCC(=O)NC1CCc2cc(C3CCC(CO)C3)ccc2C1. The molecule has 1 amide bonds. The highest BCUT2D eigenvalue weighted by Gasteiger charge is 2.27. The van der Waals surface area contributed by atoms with E-state index in [0.717, 1.165) is 51.4 Å². The molecule has 1 aromatic rings. The van der Waals surface area contributed by atoms with Gasteiger partial charge in [-0.2, -0.15) is 0 Å². The van der Waals surface area contributed by atoms with Crippen molar-refractivity contribution in [3.05, 3.63) is 34.9 Å². The van der Waals surface area contributed by atoms with Crippen LogP contribution in [0.2, 0.25) is 0 Å². The number of fused-ring (bicyclic) bond motifs is 1. The largest absolute Gasteiger partial charge is 0.396 e. The van der Waals surface area contributed by atoms with Gasteiger partial charge in [-0.3, -0.25) is 4.79 Å². The molecule has 0 spiro atoms. The number of hydrogen-bond acceptors (Lipinski definition) is 2. The zero-order valence-electron chi connectivity index (χ0n) is 15.6. The molecule has 25 heavy (non-hydrogen) atoms. The Morgan fingerprint density at radius 1 is 1.20 bits per heavy atom. The van der Waals surface area contributed by atoms with Crippen LogP contribution in [0.25, 0.3) is 0 Å². The molecule has 0 heterocycles. The van der Waals surface area contributed by atoms with E-state index in [4.69, 9.17) is 0 Å². The van der Waals surface area contributed by atoms with E-state index in [1.807, 2.05) is 0 Å². The fraction of sp³-hybridized carbons (Fsp3) is 0.682. The number of hydrogen-bond donors (Lipinski definition) is 2. The van der Waals surface area contributed by atoms with E-state index in [-0.39, 0.29) is 5.91 Å². The van der Waals surface area contributed by atoms with Crippen LogP contribution in [0.5, 0.6) is 0 Å². The van der Waals surface area contributed by atoms with Gasteiger partial charge in [0, 0.05) is 19.1 Å². The molecule has 0 aromatic heterocycles. The topological polar surface area (TPSA) is 49.3 Å². The van der Waals surface area contributed by atoms with Gasteiger partial charge >= 0.3 is 0 Å². The summed E-state index contributed by atoms with van der Waals surface area (Å²) in [6.45, 7) is 2.50. The maximum atomic E-state index is 12.1. The molecule has 3 rings (SSSR count). The van der Waals surface area contributed by atoms with Gasteiger partial charge in [-0.25, -0.2) is 0 Å². The first-order valence-corrected chi connectivity index (χ1v) is 10.2. The summed E-state index contributed by atoms with van der Waals surface area (Å²) in [5.41, 5.74) is 4.34. The number of unbranched alkanes of at least 4 members (excludes halogenated alkanes) is 2. The molecule has 2 aliphatic rings. The van der Waals surface area contributed by atoms with E-state index in [1.54, 1.807) is 0 Å². The zero-order chi connectivity index (χ0) is 17.6. The van der Waals surface area contributed by atoms with Crippen LogP contribution in [0, 0.1) is 5.92 Å². The van der Waals surface area contributed by atoms with Crippen LogP contribution in [-0.4, -0.2) is 23.7 Å². The third-order valence-electron chi connectivity index (χ3n) is 6.10. The van der Waals surface area contributed by atoms with E-state index < -0.39 is 0 Å². The van der Waals surface area contributed by atoms with Gasteiger partial charge in [0.25, 0.3) is 0 Å². The summed E-state index contributed by atoms with van der Waals surface area (Å²) in [6.07, 6.45) is 10.6. The lowest BCUT2D eigenvalue weighted by molar-refractivity contribution is -0.122. The highest BCUT2D eigenvalue weighted by molar-refractivity contribution is 5.76. The monoisotopic (exact) mass is 343 g/mol. The van der Waals surface area contributed by atoms with Crippen LogP contribution >= 0.6 is 0 Å². The lowest BCUT2D eigenvalue weighted by atomic mass is 9.84. The summed E-state index contributed by atoms with van der Waals surface area (Å²) in [5, 5.41) is 12.6. The fourth-order valence-electron chi connectivity index (χ4n) is 4.53. The van der Waals surface area contributed by atoms with Crippen molar-refractivity contribution < 1.29 is 9.90 Å². The van der Waals surface area contributed by atoms with E-state index in [1.165, 1.54) is 23.1 Å². The summed E-state index contributed by atoms with van der Waals surface area (Å²) in [6, 6.07) is 7.28.